The van der Waals surface area contributed by atoms with E-state index in [1.165, 1.54) is 5.56 Å². The van der Waals surface area contributed by atoms with E-state index in [1.54, 1.807) is 0 Å². The summed E-state index contributed by atoms with van der Waals surface area (Å²) in [6.45, 7) is 15.8. The summed E-state index contributed by atoms with van der Waals surface area (Å²) in [4.78, 5) is 6.90. The van der Waals surface area contributed by atoms with Crippen LogP contribution in [-0.2, 0) is 6.54 Å². The zero-order valence-electron chi connectivity index (χ0n) is 12.7. The van der Waals surface area contributed by atoms with Crippen molar-refractivity contribution in [3.8, 4) is 0 Å². The number of hydrogen-bond donors (Lipinski definition) is 1. The predicted octanol–water partition coefficient (Wildman–Crippen LogP) is 3.12. The molecular weight excluding hydrogens is 222 g/mol. The molecule has 0 aliphatic carbocycles. The fourth-order valence-corrected chi connectivity index (χ4v) is 1.90. The second-order valence-corrected chi connectivity index (χ2v) is 5.75. The summed E-state index contributed by atoms with van der Waals surface area (Å²) >= 11 is 0. The number of nitrogens with one attached hydrogen (secondary N) is 1. The molecule has 1 heterocycles. The Balaban J connectivity index is 2.87. The molecule has 0 radical (unpaired) electrons. The highest BCUT2D eigenvalue weighted by Crippen LogP contribution is 2.15. The van der Waals surface area contributed by atoms with Gasteiger partial charge in [-0.2, -0.15) is 0 Å². The molecule has 1 N–H and O–H groups in total. The van der Waals surface area contributed by atoms with Crippen LogP contribution in [0.4, 0.5) is 5.82 Å². The lowest BCUT2D eigenvalue weighted by atomic mass is 10.1. The maximum Gasteiger partial charge on any atom is 0.129 e. The minimum Gasteiger partial charge on any atom is -0.357 e. The number of pyridine rings is 1. The zero-order valence-corrected chi connectivity index (χ0v) is 12.7. The van der Waals surface area contributed by atoms with Crippen molar-refractivity contribution in [1.29, 1.82) is 0 Å². The molecule has 0 bridgehead atoms. The first-order valence-corrected chi connectivity index (χ1v) is 6.83. The molecule has 1 aromatic rings. The fourth-order valence-electron chi connectivity index (χ4n) is 1.90. The molecule has 0 atom stereocenters. The standard InChI is InChI=1S/C15H27N3/c1-7-18(8-2)14-10-13(9-12(3)17-14)11-16-15(4,5)6/h9-10,16H,7-8,11H2,1-6H3. The highest BCUT2D eigenvalue weighted by atomic mass is 15.2. The van der Waals surface area contributed by atoms with E-state index < -0.39 is 0 Å². The molecule has 0 aliphatic rings. The Kier molecular flexibility index (Phi) is 5.15. The van der Waals surface area contributed by atoms with Gasteiger partial charge in [-0.15, -0.1) is 0 Å². The molecule has 1 aromatic heterocycles. The van der Waals surface area contributed by atoms with Gasteiger partial charge in [0, 0.05) is 30.9 Å². The van der Waals surface area contributed by atoms with E-state index in [0.29, 0.717) is 0 Å². The van der Waals surface area contributed by atoms with E-state index in [0.717, 1.165) is 31.1 Å². The molecule has 3 heteroatoms. The van der Waals surface area contributed by atoms with Crippen LogP contribution in [0.25, 0.3) is 0 Å². The molecule has 3 nitrogen and oxygen atoms in total. The summed E-state index contributed by atoms with van der Waals surface area (Å²) in [5.41, 5.74) is 2.54. The molecule has 0 unspecified atom stereocenters. The largest absolute Gasteiger partial charge is 0.357 e. The first kappa shape index (κ1) is 15.0. The van der Waals surface area contributed by atoms with E-state index in [1.807, 2.05) is 0 Å². The van der Waals surface area contributed by atoms with Crippen LogP contribution >= 0.6 is 0 Å². The van der Waals surface area contributed by atoms with Gasteiger partial charge in [-0.3, -0.25) is 0 Å². The number of rotatable bonds is 5. The van der Waals surface area contributed by atoms with Crippen molar-refractivity contribution in [3.05, 3.63) is 23.4 Å². The SMILES string of the molecule is CCN(CC)c1cc(CNC(C)(C)C)cc(C)n1. The van der Waals surface area contributed by atoms with Gasteiger partial charge in [-0.05, 0) is 59.2 Å². The summed E-state index contributed by atoms with van der Waals surface area (Å²) in [5, 5.41) is 3.52. The van der Waals surface area contributed by atoms with Crippen LogP contribution in [0.2, 0.25) is 0 Å². The monoisotopic (exact) mass is 249 g/mol. The normalized spacial score (nSPS) is 11.7. The highest BCUT2D eigenvalue weighted by Gasteiger charge is 2.10. The van der Waals surface area contributed by atoms with Gasteiger partial charge in [0.1, 0.15) is 5.82 Å². The van der Waals surface area contributed by atoms with Crippen LogP contribution in [0, 0.1) is 6.92 Å². The number of aryl methyl sites for hydroxylation is 1. The zero-order chi connectivity index (χ0) is 13.8. The molecule has 0 fully saturated rings. The smallest absolute Gasteiger partial charge is 0.129 e. The lowest BCUT2D eigenvalue weighted by molar-refractivity contribution is 0.424. The van der Waals surface area contributed by atoms with Crippen molar-refractivity contribution in [2.45, 2.75) is 53.6 Å². The summed E-state index contributed by atoms with van der Waals surface area (Å²) < 4.78 is 0. The van der Waals surface area contributed by atoms with Gasteiger partial charge in [-0.25, -0.2) is 4.98 Å². The first-order chi connectivity index (χ1) is 8.35. The average molecular weight is 249 g/mol. The van der Waals surface area contributed by atoms with E-state index in [2.05, 4.69) is 68.9 Å². The third-order valence-corrected chi connectivity index (χ3v) is 2.91. The van der Waals surface area contributed by atoms with Gasteiger partial charge in [-0.1, -0.05) is 0 Å². The molecule has 0 saturated heterocycles. The lowest BCUT2D eigenvalue weighted by Crippen LogP contribution is -2.35. The Hall–Kier alpha value is -1.09. The maximum absolute atomic E-state index is 4.62. The Morgan fingerprint density at radius 1 is 1.17 bits per heavy atom. The molecule has 0 spiro atoms. The molecule has 18 heavy (non-hydrogen) atoms. The number of hydrogen-bond acceptors (Lipinski definition) is 3. The third kappa shape index (κ3) is 4.65. The van der Waals surface area contributed by atoms with Crippen molar-refractivity contribution in [2.75, 3.05) is 18.0 Å². The van der Waals surface area contributed by atoms with Gasteiger partial charge in [0.15, 0.2) is 0 Å². The molecule has 0 aromatic carbocycles. The van der Waals surface area contributed by atoms with E-state index in [9.17, 15) is 0 Å². The van der Waals surface area contributed by atoms with Gasteiger partial charge in [0.05, 0.1) is 0 Å². The number of anilines is 1. The fraction of sp³-hybridized carbons (Fsp3) is 0.667. The van der Waals surface area contributed by atoms with Crippen molar-refractivity contribution in [3.63, 3.8) is 0 Å². The van der Waals surface area contributed by atoms with Gasteiger partial charge in [0.2, 0.25) is 0 Å². The minimum atomic E-state index is 0.145. The van der Waals surface area contributed by atoms with Gasteiger partial charge < -0.3 is 10.2 Å². The van der Waals surface area contributed by atoms with E-state index in [4.69, 9.17) is 0 Å². The maximum atomic E-state index is 4.62. The van der Waals surface area contributed by atoms with Crippen LogP contribution in [0.15, 0.2) is 12.1 Å². The van der Waals surface area contributed by atoms with Crippen molar-refractivity contribution >= 4 is 5.82 Å². The third-order valence-electron chi connectivity index (χ3n) is 2.91. The van der Waals surface area contributed by atoms with Crippen LogP contribution in [0.5, 0.6) is 0 Å². The minimum absolute atomic E-state index is 0.145. The van der Waals surface area contributed by atoms with Crippen molar-refractivity contribution in [1.82, 2.24) is 10.3 Å². The van der Waals surface area contributed by atoms with Crippen LogP contribution in [-0.4, -0.2) is 23.6 Å². The Bertz CT molecular complexity index is 376. The van der Waals surface area contributed by atoms with Gasteiger partial charge in [0.25, 0.3) is 0 Å². The topological polar surface area (TPSA) is 28.2 Å². The molecule has 0 aliphatic heterocycles. The van der Waals surface area contributed by atoms with Crippen molar-refractivity contribution in [2.24, 2.45) is 0 Å². The lowest BCUT2D eigenvalue weighted by Gasteiger charge is -2.23. The molecule has 102 valence electrons. The number of nitrogens with zero attached hydrogens (tertiary/aromatic N) is 2. The summed E-state index contributed by atoms with van der Waals surface area (Å²) in [7, 11) is 0. The molecule has 1 rings (SSSR count). The Labute approximate surface area is 112 Å². The Morgan fingerprint density at radius 2 is 1.78 bits per heavy atom. The second-order valence-electron chi connectivity index (χ2n) is 5.75. The molecule has 0 saturated carbocycles. The Morgan fingerprint density at radius 3 is 2.28 bits per heavy atom. The molecule has 0 amide bonds. The van der Waals surface area contributed by atoms with E-state index >= 15 is 0 Å². The van der Waals surface area contributed by atoms with Crippen LogP contribution in [0.3, 0.4) is 0 Å². The summed E-state index contributed by atoms with van der Waals surface area (Å²) in [6.07, 6.45) is 0. The quantitative estimate of drug-likeness (QED) is 0.869. The second kappa shape index (κ2) is 6.19. The first-order valence-electron chi connectivity index (χ1n) is 6.83. The number of aromatic nitrogens is 1. The van der Waals surface area contributed by atoms with Crippen molar-refractivity contribution < 1.29 is 0 Å². The average Bonchev–Trinajstić information content (AvgIpc) is 2.26. The van der Waals surface area contributed by atoms with Gasteiger partial charge >= 0.3 is 0 Å². The van der Waals surface area contributed by atoms with Crippen LogP contribution < -0.4 is 10.2 Å². The summed E-state index contributed by atoms with van der Waals surface area (Å²) in [6, 6.07) is 4.35. The van der Waals surface area contributed by atoms with Crippen LogP contribution in [0.1, 0.15) is 45.9 Å². The highest BCUT2D eigenvalue weighted by molar-refractivity contribution is 5.42. The predicted molar refractivity (Wildman–Crippen MR) is 79.1 cm³/mol. The summed E-state index contributed by atoms with van der Waals surface area (Å²) in [5.74, 6) is 1.09. The molecular formula is C15H27N3. The van der Waals surface area contributed by atoms with E-state index in [-0.39, 0.29) is 5.54 Å².